The largest absolute Gasteiger partial charge is 0.466 e. The lowest BCUT2D eigenvalue weighted by Crippen LogP contribution is -2.27. The third kappa shape index (κ3) is 6.61. The van der Waals surface area contributed by atoms with Crippen molar-refractivity contribution in [3.05, 3.63) is 29.8 Å². The Hall–Kier alpha value is -2.04. The molecule has 0 unspecified atom stereocenters. The van der Waals surface area contributed by atoms with Gasteiger partial charge in [-0.3, -0.25) is 10.1 Å². The van der Waals surface area contributed by atoms with Crippen LogP contribution < -0.4 is 5.32 Å². The van der Waals surface area contributed by atoms with Crippen molar-refractivity contribution in [2.24, 2.45) is 0 Å². The summed E-state index contributed by atoms with van der Waals surface area (Å²) in [6.45, 7) is 9.59. The molecule has 0 aliphatic rings. The van der Waals surface area contributed by atoms with E-state index in [1.165, 1.54) is 0 Å². The minimum absolute atomic E-state index is 0.0645. The Balaban J connectivity index is 2.59. The van der Waals surface area contributed by atoms with E-state index in [9.17, 15) is 9.59 Å². The Morgan fingerprint density at radius 3 is 2.27 bits per heavy atom. The second-order valence-electron chi connectivity index (χ2n) is 6.16. The van der Waals surface area contributed by atoms with Gasteiger partial charge in [0.15, 0.2) is 0 Å². The molecule has 0 radical (unpaired) electrons. The van der Waals surface area contributed by atoms with Gasteiger partial charge in [-0.1, -0.05) is 19.1 Å². The van der Waals surface area contributed by atoms with E-state index in [0.29, 0.717) is 18.7 Å². The number of benzene rings is 1. The van der Waals surface area contributed by atoms with Gasteiger partial charge in [-0.05, 0) is 51.3 Å². The van der Waals surface area contributed by atoms with E-state index < -0.39 is 11.7 Å². The van der Waals surface area contributed by atoms with Crippen LogP contribution in [0.2, 0.25) is 0 Å². The van der Waals surface area contributed by atoms with Crippen molar-refractivity contribution in [2.45, 2.75) is 52.6 Å². The Morgan fingerprint density at radius 1 is 1.18 bits per heavy atom. The minimum atomic E-state index is -0.530. The Labute approximate surface area is 132 Å². The molecular formula is C17H25NO4. The lowest BCUT2D eigenvalue weighted by Gasteiger charge is -2.19. The molecular weight excluding hydrogens is 282 g/mol. The molecule has 1 atom stereocenters. The van der Waals surface area contributed by atoms with E-state index in [2.05, 4.69) is 5.32 Å². The first-order chi connectivity index (χ1) is 10.2. The number of hydrogen-bond acceptors (Lipinski definition) is 4. The van der Waals surface area contributed by atoms with Crippen molar-refractivity contribution >= 4 is 17.7 Å². The number of rotatable bonds is 5. The summed E-state index contributed by atoms with van der Waals surface area (Å²) in [7, 11) is 0. The van der Waals surface area contributed by atoms with Gasteiger partial charge in [0.2, 0.25) is 0 Å². The summed E-state index contributed by atoms with van der Waals surface area (Å²) >= 11 is 0. The summed E-state index contributed by atoms with van der Waals surface area (Å²) in [6, 6.07) is 7.36. The Morgan fingerprint density at radius 2 is 1.77 bits per heavy atom. The number of carbonyl (C=O) groups is 2. The summed E-state index contributed by atoms with van der Waals surface area (Å²) in [4.78, 5) is 23.1. The van der Waals surface area contributed by atoms with E-state index in [4.69, 9.17) is 9.47 Å². The van der Waals surface area contributed by atoms with Crippen LogP contribution in [0, 0.1) is 0 Å². The lowest BCUT2D eigenvalue weighted by atomic mass is 9.98. The van der Waals surface area contributed by atoms with Crippen molar-refractivity contribution < 1.29 is 19.1 Å². The van der Waals surface area contributed by atoms with Crippen LogP contribution in [0.15, 0.2) is 24.3 Å². The highest BCUT2D eigenvalue weighted by atomic mass is 16.6. The number of esters is 1. The summed E-state index contributed by atoms with van der Waals surface area (Å²) in [5.74, 6) is -0.138. The molecule has 0 aromatic heterocycles. The van der Waals surface area contributed by atoms with Crippen molar-refractivity contribution in [3.63, 3.8) is 0 Å². The van der Waals surface area contributed by atoms with Gasteiger partial charge >= 0.3 is 12.1 Å². The fourth-order valence-corrected chi connectivity index (χ4v) is 1.90. The highest BCUT2D eigenvalue weighted by Crippen LogP contribution is 2.22. The molecule has 0 bridgehead atoms. The van der Waals surface area contributed by atoms with E-state index in [1.54, 1.807) is 19.1 Å². The average molecular weight is 307 g/mol. The normalized spacial score (nSPS) is 12.4. The maximum absolute atomic E-state index is 11.7. The molecule has 5 heteroatoms. The number of anilines is 1. The molecule has 0 aliphatic carbocycles. The highest BCUT2D eigenvalue weighted by Gasteiger charge is 2.16. The van der Waals surface area contributed by atoms with Crippen molar-refractivity contribution in [1.82, 2.24) is 0 Å². The van der Waals surface area contributed by atoms with E-state index in [-0.39, 0.29) is 11.9 Å². The second-order valence-corrected chi connectivity index (χ2v) is 6.16. The van der Waals surface area contributed by atoms with Gasteiger partial charge in [-0.2, -0.15) is 0 Å². The Bertz CT molecular complexity index is 502. The molecule has 1 amide bonds. The van der Waals surface area contributed by atoms with Gasteiger partial charge in [0.25, 0.3) is 0 Å². The third-order valence-corrected chi connectivity index (χ3v) is 2.90. The summed E-state index contributed by atoms with van der Waals surface area (Å²) in [6.07, 6.45) is -0.146. The lowest BCUT2D eigenvalue weighted by molar-refractivity contribution is -0.143. The first-order valence-corrected chi connectivity index (χ1v) is 7.47. The number of ether oxygens (including phenoxy) is 2. The van der Waals surface area contributed by atoms with Gasteiger partial charge in [0.1, 0.15) is 5.60 Å². The zero-order valence-electron chi connectivity index (χ0n) is 13.9. The average Bonchev–Trinajstić information content (AvgIpc) is 2.37. The number of amides is 1. The topological polar surface area (TPSA) is 64.6 Å². The zero-order chi connectivity index (χ0) is 16.8. The molecule has 122 valence electrons. The number of nitrogens with one attached hydrogen (secondary N) is 1. The minimum Gasteiger partial charge on any atom is -0.466 e. The fraction of sp³-hybridized carbons (Fsp3) is 0.529. The molecule has 5 nitrogen and oxygen atoms in total. The van der Waals surface area contributed by atoms with E-state index >= 15 is 0 Å². The zero-order valence-corrected chi connectivity index (χ0v) is 13.9. The van der Waals surface area contributed by atoms with Crippen LogP contribution in [0.4, 0.5) is 10.5 Å². The van der Waals surface area contributed by atoms with Crippen LogP contribution >= 0.6 is 0 Å². The summed E-state index contributed by atoms with van der Waals surface area (Å²) in [5, 5.41) is 2.67. The first-order valence-electron chi connectivity index (χ1n) is 7.47. The number of hydrogen-bond donors (Lipinski definition) is 1. The van der Waals surface area contributed by atoms with Crippen LogP contribution in [0.5, 0.6) is 0 Å². The summed E-state index contributed by atoms with van der Waals surface area (Å²) < 4.78 is 10.1. The van der Waals surface area contributed by atoms with Crippen molar-refractivity contribution in [3.8, 4) is 0 Å². The van der Waals surface area contributed by atoms with Crippen LogP contribution in [-0.2, 0) is 14.3 Å². The number of carbonyl (C=O) groups excluding carboxylic acids is 2. The smallest absolute Gasteiger partial charge is 0.412 e. The molecule has 22 heavy (non-hydrogen) atoms. The molecule has 0 aliphatic heterocycles. The quantitative estimate of drug-likeness (QED) is 0.832. The molecule has 0 fully saturated rings. The van der Waals surface area contributed by atoms with Crippen molar-refractivity contribution in [1.29, 1.82) is 0 Å². The monoisotopic (exact) mass is 307 g/mol. The maximum atomic E-state index is 11.7. The molecule has 1 aromatic rings. The van der Waals surface area contributed by atoms with Crippen LogP contribution in [0.25, 0.3) is 0 Å². The van der Waals surface area contributed by atoms with Crippen LogP contribution in [0.3, 0.4) is 0 Å². The molecule has 0 saturated carbocycles. The van der Waals surface area contributed by atoms with E-state index in [1.807, 2.05) is 39.8 Å². The first kappa shape index (κ1) is 18.0. The van der Waals surface area contributed by atoms with Gasteiger partial charge < -0.3 is 9.47 Å². The molecule has 1 aromatic carbocycles. The van der Waals surface area contributed by atoms with Crippen LogP contribution in [-0.4, -0.2) is 24.3 Å². The predicted molar refractivity (Wildman–Crippen MR) is 86.0 cm³/mol. The van der Waals surface area contributed by atoms with Crippen LogP contribution in [0.1, 0.15) is 52.5 Å². The van der Waals surface area contributed by atoms with Gasteiger partial charge in [0, 0.05) is 5.69 Å². The second kappa shape index (κ2) is 7.82. The van der Waals surface area contributed by atoms with Gasteiger partial charge in [0.05, 0.1) is 13.0 Å². The maximum Gasteiger partial charge on any atom is 0.412 e. The SMILES string of the molecule is CCOC(=O)C[C@@H](C)c1ccc(NC(=O)OC(C)(C)C)cc1. The highest BCUT2D eigenvalue weighted by molar-refractivity contribution is 5.84. The Kier molecular flexibility index (Phi) is 6.40. The third-order valence-electron chi connectivity index (χ3n) is 2.90. The molecule has 0 spiro atoms. The van der Waals surface area contributed by atoms with Gasteiger partial charge in [-0.15, -0.1) is 0 Å². The molecule has 0 saturated heterocycles. The summed E-state index contributed by atoms with van der Waals surface area (Å²) in [5.41, 5.74) is 1.14. The van der Waals surface area contributed by atoms with Crippen molar-refractivity contribution in [2.75, 3.05) is 11.9 Å². The van der Waals surface area contributed by atoms with E-state index in [0.717, 1.165) is 5.56 Å². The fourth-order valence-electron chi connectivity index (χ4n) is 1.90. The van der Waals surface area contributed by atoms with Gasteiger partial charge in [-0.25, -0.2) is 4.79 Å². The standard InChI is InChI=1S/C17H25NO4/c1-6-21-15(19)11-12(2)13-7-9-14(10-8-13)18-16(20)22-17(3,4)5/h7-10,12H,6,11H2,1-5H3,(H,18,20)/t12-/m1/s1. The molecule has 1 rings (SSSR count). The predicted octanol–water partition coefficient (Wildman–Crippen LogP) is 4.09. The molecule has 0 heterocycles. The molecule has 1 N–H and O–H groups in total.